The van der Waals surface area contributed by atoms with Gasteiger partial charge in [-0.1, -0.05) is 121 Å². The predicted octanol–water partition coefficient (Wildman–Crippen LogP) is 12.2. The van der Waals surface area contributed by atoms with Gasteiger partial charge in [0.15, 0.2) is 0 Å². The molecule has 9 rings (SSSR count). The number of rotatable bonds is 12. The van der Waals surface area contributed by atoms with E-state index in [0.29, 0.717) is 45.3 Å². The summed E-state index contributed by atoms with van der Waals surface area (Å²) in [6.07, 6.45) is 0.948. The molecule has 0 saturated carbocycles. The van der Waals surface area contributed by atoms with Gasteiger partial charge in [0.2, 0.25) is 0 Å². The summed E-state index contributed by atoms with van der Waals surface area (Å²) in [4.78, 5) is 0. The van der Waals surface area contributed by atoms with E-state index in [9.17, 15) is 21.0 Å². The van der Waals surface area contributed by atoms with Crippen LogP contribution in [0, 0.1) is 45.3 Å². The number of benzene rings is 8. The lowest BCUT2D eigenvalue weighted by molar-refractivity contribution is 0.293. The van der Waals surface area contributed by atoms with Gasteiger partial charge in [-0.2, -0.15) is 21.0 Å². The van der Waals surface area contributed by atoms with E-state index in [-0.39, 0.29) is 52.1 Å². The number of ether oxygens (including phenoxy) is 4. The minimum atomic E-state index is 0.237. The molecule has 0 N–H and O–H groups in total. The molecule has 8 aromatic rings. The maximum absolute atomic E-state index is 10.6. The van der Waals surface area contributed by atoms with Crippen LogP contribution in [0.3, 0.4) is 0 Å². The molecule has 68 heavy (non-hydrogen) atoms. The molecule has 0 aliphatic heterocycles. The van der Waals surface area contributed by atoms with Crippen LogP contribution in [0.15, 0.2) is 170 Å². The highest BCUT2D eigenvalue weighted by atomic mass is 16.5. The lowest BCUT2D eigenvalue weighted by atomic mass is 9.88. The average molecular weight is 885 g/mol. The van der Waals surface area contributed by atoms with Crippen LogP contribution < -0.4 is 18.9 Å². The van der Waals surface area contributed by atoms with Crippen molar-refractivity contribution in [2.75, 3.05) is 0 Å². The van der Waals surface area contributed by atoms with E-state index in [1.807, 2.05) is 170 Å². The number of hydrogen-bond acceptors (Lipinski definition) is 8. The van der Waals surface area contributed by atoms with Crippen molar-refractivity contribution in [1.29, 1.82) is 21.0 Å². The third-order valence-electron chi connectivity index (χ3n) is 11.9. The zero-order valence-corrected chi connectivity index (χ0v) is 37.2. The molecule has 8 aromatic carbocycles. The maximum atomic E-state index is 10.6. The molecule has 8 bridgehead atoms. The van der Waals surface area contributed by atoms with Gasteiger partial charge in [0, 0.05) is 70.2 Å². The molecule has 0 aromatic heterocycles. The van der Waals surface area contributed by atoms with Crippen molar-refractivity contribution in [3.05, 3.63) is 259 Å². The molecule has 0 heterocycles. The summed E-state index contributed by atoms with van der Waals surface area (Å²) in [5.41, 5.74) is 11.3. The average Bonchev–Trinajstić information content (AvgIpc) is 3.38. The molecule has 8 nitrogen and oxygen atoms in total. The van der Waals surface area contributed by atoms with Crippen LogP contribution in [-0.2, 0) is 52.1 Å². The molecule has 0 saturated heterocycles. The van der Waals surface area contributed by atoms with Gasteiger partial charge in [-0.25, -0.2) is 0 Å². The van der Waals surface area contributed by atoms with Crippen molar-refractivity contribution in [3.8, 4) is 47.3 Å². The zero-order chi connectivity index (χ0) is 46.7. The van der Waals surface area contributed by atoms with E-state index in [2.05, 4.69) is 24.3 Å². The molecular weight excluding hydrogens is 841 g/mol. The summed E-state index contributed by atoms with van der Waals surface area (Å²) in [5.74, 6) is 2.32. The highest BCUT2D eigenvalue weighted by Gasteiger charge is 2.25. The van der Waals surface area contributed by atoms with Gasteiger partial charge in [-0.15, -0.1) is 0 Å². The van der Waals surface area contributed by atoms with Crippen LogP contribution >= 0.6 is 0 Å². The van der Waals surface area contributed by atoms with Crippen LogP contribution in [0.25, 0.3) is 0 Å². The summed E-state index contributed by atoms with van der Waals surface area (Å²) >= 11 is 0. The second-order valence-electron chi connectivity index (χ2n) is 16.7. The molecule has 8 heteroatoms. The van der Waals surface area contributed by atoms with Crippen molar-refractivity contribution in [2.45, 2.75) is 52.1 Å². The predicted molar refractivity (Wildman–Crippen MR) is 259 cm³/mol. The zero-order valence-electron chi connectivity index (χ0n) is 37.2. The molecule has 0 spiro atoms. The second-order valence-corrected chi connectivity index (χ2v) is 16.7. The molecule has 0 fully saturated rings. The Morgan fingerprint density at radius 3 is 0.618 bits per heavy atom. The standard InChI is InChI=1S/C60H44N4O4/c61-33-45-21-49-29-51-23-46(34-62)25-53(58(51)66-38-42-15-7-2-8-16-42)31-55-27-48(36-64)28-56(60(55)68-40-44-19-11-4-12-20-44)32-54-26-47(35-63)24-52(59(54)67-39-43-17-9-3-10-18-43)30-50(22-45)57(49)65-37-41-13-5-1-6-14-41/h1-28H,29-32,37-40H2. The monoisotopic (exact) mass is 884 g/mol. The first-order valence-electron chi connectivity index (χ1n) is 22.4. The van der Waals surface area contributed by atoms with Crippen molar-refractivity contribution in [2.24, 2.45) is 0 Å². The van der Waals surface area contributed by atoms with Gasteiger partial charge in [0.25, 0.3) is 0 Å². The summed E-state index contributed by atoms with van der Waals surface area (Å²) < 4.78 is 27.5. The first kappa shape index (κ1) is 44.1. The van der Waals surface area contributed by atoms with E-state index in [1.165, 1.54) is 0 Å². The molecule has 1 aliphatic rings. The molecule has 0 atom stereocenters. The first-order valence-corrected chi connectivity index (χ1v) is 22.4. The van der Waals surface area contributed by atoms with Crippen molar-refractivity contribution < 1.29 is 18.9 Å². The van der Waals surface area contributed by atoms with Crippen molar-refractivity contribution in [3.63, 3.8) is 0 Å². The van der Waals surface area contributed by atoms with Gasteiger partial charge in [0.05, 0.1) is 46.5 Å². The SMILES string of the molecule is N#Cc1cc2c(OCc3ccccc3)c(c1)Cc1cc(C#N)cc(c1OCc1ccccc1)Cc1cc(C#N)cc(c1OCc1ccccc1)Cc1cc(C#N)cc(c1OCc1ccccc1)C2. The summed E-state index contributed by atoms with van der Waals surface area (Å²) in [6, 6.07) is 63.9. The van der Waals surface area contributed by atoms with Gasteiger partial charge < -0.3 is 18.9 Å². The minimum absolute atomic E-state index is 0.237. The highest BCUT2D eigenvalue weighted by molar-refractivity contribution is 5.61. The number of nitriles is 4. The van der Waals surface area contributed by atoms with Crippen LogP contribution in [-0.4, -0.2) is 0 Å². The Morgan fingerprint density at radius 1 is 0.279 bits per heavy atom. The van der Waals surface area contributed by atoms with Crippen LogP contribution in [0.5, 0.6) is 23.0 Å². The van der Waals surface area contributed by atoms with Crippen molar-refractivity contribution >= 4 is 0 Å². The quantitative estimate of drug-likeness (QED) is 0.118. The maximum Gasteiger partial charge on any atom is 0.126 e. The minimum Gasteiger partial charge on any atom is -0.488 e. The lowest BCUT2D eigenvalue weighted by Gasteiger charge is -2.24. The van der Waals surface area contributed by atoms with E-state index in [1.54, 1.807) is 0 Å². The lowest BCUT2D eigenvalue weighted by Crippen LogP contribution is -2.10. The highest BCUT2D eigenvalue weighted by Crippen LogP contribution is 2.41. The summed E-state index contributed by atoms with van der Waals surface area (Å²) in [5, 5.41) is 42.5. The van der Waals surface area contributed by atoms with E-state index in [4.69, 9.17) is 18.9 Å². The fourth-order valence-electron chi connectivity index (χ4n) is 8.81. The summed E-state index contributed by atoms with van der Waals surface area (Å²) in [7, 11) is 0. The number of hydrogen-bond donors (Lipinski definition) is 0. The Kier molecular flexibility index (Phi) is 13.5. The first-order chi connectivity index (χ1) is 33.5. The van der Waals surface area contributed by atoms with Crippen LogP contribution in [0.1, 0.15) is 89.0 Å². The topological polar surface area (TPSA) is 132 Å². The smallest absolute Gasteiger partial charge is 0.126 e. The normalized spacial score (nSPS) is 11.5. The molecule has 328 valence electrons. The third-order valence-corrected chi connectivity index (χ3v) is 11.9. The third kappa shape index (κ3) is 10.4. The molecule has 1 aliphatic carbocycles. The number of nitrogens with zero attached hydrogens (tertiary/aromatic N) is 4. The summed E-state index contributed by atoms with van der Waals surface area (Å²) in [6.45, 7) is 0.984. The van der Waals surface area contributed by atoms with Crippen LogP contribution in [0.4, 0.5) is 0 Å². The Bertz CT molecular complexity index is 2740. The van der Waals surface area contributed by atoms with Crippen LogP contribution in [0.2, 0.25) is 0 Å². The fourth-order valence-corrected chi connectivity index (χ4v) is 8.81. The van der Waals surface area contributed by atoms with E-state index < -0.39 is 0 Å². The van der Waals surface area contributed by atoms with Gasteiger partial charge >= 0.3 is 0 Å². The Morgan fingerprint density at radius 2 is 0.456 bits per heavy atom. The Hall–Kier alpha value is -9.08. The second kappa shape index (κ2) is 20.8. The Balaban J connectivity index is 1.31. The number of fused-ring (bicyclic) bond motifs is 8. The molecular formula is C60H44N4O4. The molecule has 0 unspecified atom stereocenters. The Labute approximate surface area is 396 Å². The van der Waals surface area contributed by atoms with Crippen molar-refractivity contribution in [1.82, 2.24) is 0 Å². The fraction of sp³-hybridized carbons (Fsp3) is 0.133. The van der Waals surface area contributed by atoms with E-state index in [0.717, 1.165) is 66.8 Å². The molecule has 0 radical (unpaired) electrons. The molecule has 0 amide bonds. The largest absolute Gasteiger partial charge is 0.488 e. The van der Waals surface area contributed by atoms with Gasteiger partial charge in [-0.05, 0) is 70.8 Å². The van der Waals surface area contributed by atoms with Gasteiger partial charge in [0.1, 0.15) is 49.4 Å². The van der Waals surface area contributed by atoms with Gasteiger partial charge in [-0.3, -0.25) is 0 Å². The van der Waals surface area contributed by atoms with E-state index >= 15 is 0 Å².